The Morgan fingerprint density at radius 3 is 3.10 bits per heavy atom. The van der Waals surface area contributed by atoms with Crippen molar-refractivity contribution < 1.29 is 0 Å². The Balaban J connectivity index is 1.69. The Morgan fingerprint density at radius 1 is 1.38 bits per heavy atom. The molecule has 0 saturated carbocycles. The number of H-pyrrole nitrogens is 2. The van der Waals surface area contributed by atoms with Crippen molar-refractivity contribution in [2.24, 2.45) is 0 Å². The van der Waals surface area contributed by atoms with Crippen molar-refractivity contribution in [1.82, 2.24) is 25.1 Å². The minimum atomic E-state index is 0.641. The number of likely N-dealkylation sites (N-methyl/N-ethyl adjacent to an activating group) is 1. The molecule has 21 heavy (non-hydrogen) atoms. The number of nitrogens with one attached hydrogen (secondary N) is 2. The van der Waals surface area contributed by atoms with Crippen LogP contribution in [0.4, 0.5) is 0 Å². The Morgan fingerprint density at radius 2 is 2.33 bits per heavy atom. The monoisotopic (exact) mass is 281 g/mol. The van der Waals surface area contributed by atoms with Gasteiger partial charge in [0.15, 0.2) is 5.82 Å². The number of benzene rings is 1. The van der Waals surface area contributed by atoms with E-state index in [0.717, 1.165) is 18.8 Å². The van der Waals surface area contributed by atoms with Gasteiger partial charge in [-0.05, 0) is 49.2 Å². The van der Waals surface area contributed by atoms with Gasteiger partial charge in [0.25, 0.3) is 0 Å². The molecule has 0 bridgehead atoms. The molecule has 0 aliphatic carbocycles. The van der Waals surface area contributed by atoms with E-state index < -0.39 is 0 Å². The van der Waals surface area contributed by atoms with Crippen LogP contribution in [0.15, 0.2) is 30.7 Å². The van der Waals surface area contributed by atoms with Gasteiger partial charge in [0.05, 0.1) is 0 Å². The third kappa shape index (κ3) is 2.34. The summed E-state index contributed by atoms with van der Waals surface area (Å²) in [6, 6.07) is 6.61. The molecule has 5 nitrogen and oxygen atoms in total. The normalized spacial score (nSPS) is 19.6. The summed E-state index contributed by atoms with van der Waals surface area (Å²) in [6.07, 6.45) is 5.83. The fourth-order valence-electron chi connectivity index (χ4n) is 3.33. The average molecular weight is 281 g/mol. The first kappa shape index (κ1) is 12.6. The van der Waals surface area contributed by atoms with Gasteiger partial charge in [-0.15, -0.1) is 0 Å². The van der Waals surface area contributed by atoms with E-state index in [2.05, 4.69) is 56.5 Å². The summed E-state index contributed by atoms with van der Waals surface area (Å²) in [5.41, 5.74) is 3.93. The summed E-state index contributed by atoms with van der Waals surface area (Å²) >= 11 is 0. The molecule has 108 valence electrons. The van der Waals surface area contributed by atoms with Gasteiger partial charge in [-0.1, -0.05) is 6.07 Å². The van der Waals surface area contributed by atoms with Gasteiger partial charge in [0.1, 0.15) is 6.33 Å². The van der Waals surface area contributed by atoms with E-state index in [-0.39, 0.29) is 0 Å². The standard InChI is InChI=1S/C16H19N5/c1-21-5-4-12(9-21)14-8-17-15-3-2-11(6-13(14)15)7-16-18-10-19-20-16/h2-3,6,8,10,12,17H,4-5,7,9H2,1H3,(H,18,19,20). The molecule has 1 fully saturated rings. The summed E-state index contributed by atoms with van der Waals surface area (Å²) in [7, 11) is 2.20. The molecule has 1 atom stereocenters. The second kappa shape index (κ2) is 5.00. The highest BCUT2D eigenvalue weighted by Gasteiger charge is 2.23. The van der Waals surface area contributed by atoms with Crippen molar-refractivity contribution >= 4 is 10.9 Å². The molecule has 1 aliphatic rings. The highest BCUT2D eigenvalue weighted by atomic mass is 15.2. The first-order valence-electron chi connectivity index (χ1n) is 7.43. The zero-order valence-corrected chi connectivity index (χ0v) is 12.1. The van der Waals surface area contributed by atoms with Crippen LogP contribution in [-0.4, -0.2) is 45.2 Å². The van der Waals surface area contributed by atoms with E-state index in [9.17, 15) is 0 Å². The second-order valence-corrected chi connectivity index (χ2v) is 5.96. The topological polar surface area (TPSA) is 60.6 Å². The van der Waals surface area contributed by atoms with Crippen molar-refractivity contribution in [3.63, 3.8) is 0 Å². The lowest BCUT2D eigenvalue weighted by atomic mass is 9.96. The molecular formula is C16H19N5. The maximum atomic E-state index is 4.21. The molecule has 1 aromatic carbocycles. The van der Waals surface area contributed by atoms with E-state index in [4.69, 9.17) is 0 Å². The van der Waals surface area contributed by atoms with E-state index in [0.29, 0.717) is 5.92 Å². The van der Waals surface area contributed by atoms with Gasteiger partial charge in [0, 0.05) is 30.1 Å². The van der Waals surface area contributed by atoms with Crippen LogP contribution < -0.4 is 0 Å². The van der Waals surface area contributed by atoms with E-state index >= 15 is 0 Å². The lowest BCUT2D eigenvalue weighted by molar-refractivity contribution is 0.412. The van der Waals surface area contributed by atoms with Gasteiger partial charge >= 0.3 is 0 Å². The Hall–Kier alpha value is -2.14. The minimum absolute atomic E-state index is 0.641. The highest BCUT2D eigenvalue weighted by Crippen LogP contribution is 2.32. The summed E-state index contributed by atoms with van der Waals surface area (Å²) in [4.78, 5) is 10.0. The number of rotatable bonds is 3. The fourth-order valence-corrected chi connectivity index (χ4v) is 3.33. The quantitative estimate of drug-likeness (QED) is 0.774. The summed E-state index contributed by atoms with van der Waals surface area (Å²) < 4.78 is 0. The number of nitrogens with zero attached hydrogens (tertiary/aromatic N) is 3. The predicted octanol–water partition coefficient (Wildman–Crippen LogP) is 2.30. The van der Waals surface area contributed by atoms with Crippen LogP contribution in [0.2, 0.25) is 0 Å². The van der Waals surface area contributed by atoms with Crippen LogP contribution in [0.3, 0.4) is 0 Å². The first-order valence-corrected chi connectivity index (χ1v) is 7.43. The van der Waals surface area contributed by atoms with Gasteiger partial charge < -0.3 is 9.88 Å². The number of likely N-dealkylation sites (tertiary alicyclic amines) is 1. The predicted molar refractivity (Wildman–Crippen MR) is 82.3 cm³/mol. The highest BCUT2D eigenvalue weighted by molar-refractivity contribution is 5.84. The zero-order valence-electron chi connectivity index (χ0n) is 12.1. The van der Waals surface area contributed by atoms with E-state index in [1.807, 2.05) is 0 Å². The molecular weight excluding hydrogens is 262 g/mol. The molecule has 1 saturated heterocycles. The lowest BCUT2D eigenvalue weighted by Gasteiger charge is -2.10. The van der Waals surface area contributed by atoms with Gasteiger partial charge in [-0.3, -0.25) is 5.10 Å². The molecule has 1 aliphatic heterocycles. The molecule has 4 rings (SSSR count). The van der Waals surface area contributed by atoms with Crippen molar-refractivity contribution in [3.8, 4) is 0 Å². The average Bonchev–Trinajstić information content (AvgIpc) is 3.19. The van der Waals surface area contributed by atoms with Gasteiger partial charge in [-0.2, -0.15) is 5.10 Å². The maximum absolute atomic E-state index is 4.21. The summed E-state index contributed by atoms with van der Waals surface area (Å²) in [5.74, 6) is 1.48. The minimum Gasteiger partial charge on any atom is -0.361 e. The number of aromatic nitrogens is 4. The third-order valence-corrected chi connectivity index (χ3v) is 4.44. The Bertz CT molecular complexity index is 743. The van der Waals surface area contributed by atoms with Crippen molar-refractivity contribution in [2.45, 2.75) is 18.8 Å². The smallest absolute Gasteiger partial charge is 0.154 e. The van der Waals surface area contributed by atoms with Crippen molar-refractivity contribution in [2.75, 3.05) is 20.1 Å². The van der Waals surface area contributed by atoms with Crippen LogP contribution in [0, 0.1) is 0 Å². The van der Waals surface area contributed by atoms with Crippen LogP contribution in [0.25, 0.3) is 10.9 Å². The van der Waals surface area contributed by atoms with Crippen LogP contribution in [-0.2, 0) is 6.42 Å². The van der Waals surface area contributed by atoms with Crippen molar-refractivity contribution in [1.29, 1.82) is 0 Å². The van der Waals surface area contributed by atoms with Crippen LogP contribution >= 0.6 is 0 Å². The Labute approximate surface area is 123 Å². The fraction of sp³-hybridized carbons (Fsp3) is 0.375. The molecule has 1 unspecified atom stereocenters. The number of hydrogen-bond acceptors (Lipinski definition) is 3. The summed E-state index contributed by atoms with van der Waals surface area (Å²) in [5, 5.41) is 8.26. The molecule has 3 heterocycles. The maximum Gasteiger partial charge on any atom is 0.154 e. The number of hydrogen-bond donors (Lipinski definition) is 2. The largest absolute Gasteiger partial charge is 0.361 e. The molecule has 2 aromatic heterocycles. The first-order chi connectivity index (χ1) is 10.3. The Kier molecular flexibility index (Phi) is 3.00. The molecule has 2 N–H and O–H groups in total. The SMILES string of the molecule is CN1CCC(c2c[nH]c3ccc(Cc4nc[nH]n4)cc23)C1. The van der Waals surface area contributed by atoms with E-state index in [1.54, 1.807) is 6.33 Å². The molecule has 0 amide bonds. The third-order valence-electron chi connectivity index (χ3n) is 4.44. The van der Waals surface area contributed by atoms with Crippen molar-refractivity contribution in [3.05, 3.63) is 47.7 Å². The van der Waals surface area contributed by atoms with Crippen LogP contribution in [0.5, 0.6) is 0 Å². The lowest BCUT2D eigenvalue weighted by Crippen LogP contribution is -2.13. The molecule has 5 heteroatoms. The van der Waals surface area contributed by atoms with E-state index in [1.165, 1.54) is 35.0 Å². The number of aromatic amines is 2. The molecule has 0 radical (unpaired) electrons. The van der Waals surface area contributed by atoms with Gasteiger partial charge in [-0.25, -0.2) is 4.98 Å². The van der Waals surface area contributed by atoms with Crippen LogP contribution in [0.1, 0.15) is 29.3 Å². The second-order valence-electron chi connectivity index (χ2n) is 5.96. The van der Waals surface area contributed by atoms with Gasteiger partial charge in [0.2, 0.25) is 0 Å². The molecule has 3 aromatic rings. The zero-order chi connectivity index (χ0) is 14.2. The summed E-state index contributed by atoms with van der Waals surface area (Å²) in [6.45, 7) is 2.34. The molecule has 0 spiro atoms. The number of fused-ring (bicyclic) bond motifs is 1.